The number of carbonyl (C=O) groups is 1. The number of nitrogens with one attached hydrogen (secondary N) is 1. The van der Waals surface area contributed by atoms with Crippen LogP contribution in [-0.2, 0) is 0 Å². The average Bonchev–Trinajstić information content (AvgIpc) is 3.11. The lowest BCUT2D eigenvalue weighted by atomic mass is 10.1. The zero-order valence-corrected chi connectivity index (χ0v) is 19.3. The molecule has 2 aromatic heterocycles. The summed E-state index contributed by atoms with van der Waals surface area (Å²) < 4.78 is 44.1. The van der Waals surface area contributed by atoms with Gasteiger partial charge in [-0.15, -0.1) is 0 Å². The lowest BCUT2D eigenvalue weighted by molar-refractivity contribution is 0.0929. The van der Waals surface area contributed by atoms with E-state index in [1.807, 2.05) is 13.8 Å². The SMILES string of the molecule is CC(C)[C@H](C)NC(=O)c1cn(-c2c(F)cc(F)cc2F)c2nc(N3C[C@@H](O)CC3O)ccc2c1=O. The Morgan fingerprint density at radius 3 is 2.37 bits per heavy atom. The maximum absolute atomic E-state index is 14.8. The third kappa shape index (κ3) is 4.61. The van der Waals surface area contributed by atoms with Crippen LogP contribution in [0.4, 0.5) is 19.0 Å². The van der Waals surface area contributed by atoms with Gasteiger partial charge in [0, 0.05) is 37.3 Å². The van der Waals surface area contributed by atoms with Gasteiger partial charge in [0.2, 0.25) is 5.43 Å². The van der Waals surface area contributed by atoms with Crippen LogP contribution in [0.5, 0.6) is 0 Å². The van der Waals surface area contributed by atoms with Crippen LogP contribution in [0, 0.1) is 23.4 Å². The largest absolute Gasteiger partial charge is 0.391 e. The predicted molar refractivity (Wildman–Crippen MR) is 123 cm³/mol. The van der Waals surface area contributed by atoms with Gasteiger partial charge in [-0.25, -0.2) is 18.2 Å². The molecule has 1 saturated heterocycles. The van der Waals surface area contributed by atoms with Crippen LogP contribution in [0.1, 0.15) is 37.6 Å². The van der Waals surface area contributed by atoms with Gasteiger partial charge >= 0.3 is 0 Å². The van der Waals surface area contributed by atoms with Crippen LogP contribution < -0.4 is 15.6 Å². The lowest BCUT2D eigenvalue weighted by Crippen LogP contribution is -2.38. The first kappa shape index (κ1) is 24.7. The third-order valence-electron chi connectivity index (χ3n) is 6.21. The Labute approximate surface area is 198 Å². The predicted octanol–water partition coefficient (Wildman–Crippen LogP) is 2.47. The first-order valence-corrected chi connectivity index (χ1v) is 11.1. The summed E-state index contributed by atoms with van der Waals surface area (Å²) in [6.45, 7) is 5.56. The highest BCUT2D eigenvalue weighted by atomic mass is 19.1. The van der Waals surface area contributed by atoms with E-state index in [4.69, 9.17) is 0 Å². The van der Waals surface area contributed by atoms with Crippen molar-refractivity contribution in [1.29, 1.82) is 0 Å². The zero-order chi connectivity index (χ0) is 25.6. The minimum Gasteiger partial charge on any atom is -0.391 e. The third-order valence-corrected chi connectivity index (χ3v) is 6.21. The number of benzene rings is 1. The number of nitrogens with zero attached hydrogens (tertiary/aromatic N) is 3. The van der Waals surface area contributed by atoms with E-state index in [2.05, 4.69) is 10.3 Å². The number of aliphatic hydroxyl groups is 2. The van der Waals surface area contributed by atoms with Crippen LogP contribution in [0.3, 0.4) is 0 Å². The minimum absolute atomic E-state index is 0.0523. The first-order valence-electron chi connectivity index (χ1n) is 11.1. The van der Waals surface area contributed by atoms with Gasteiger partial charge in [0.1, 0.15) is 29.1 Å². The standard InChI is InChI=1S/C24H25F3N4O4/c1-11(2)12(3)28-24(35)16-10-31(21-17(26)6-13(25)7-18(21)27)23-15(22(16)34)4-5-19(29-23)30-9-14(32)8-20(30)33/h4-7,10-12,14,20,32-33H,8-9H2,1-3H3,(H,28,35)/t12-,14-,20?/m0/s1. The molecule has 0 radical (unpaired) electrons. The van der Waals surface area contributed by atoms with Crippen molar-refractivity contribution >= 4 is 22.8 Å². The Bertz CT molecular complexity index is 1340. The van der Waals surface area contributed by atoms with Gasteiger partial charge in [0.15, 0.2) is 17.3 Å². The van der Waals surface area contributed by atoms with Gasteiger partial charge in [-0.1, -0.05) is 13.8 Å². The smallest absolute Gasteiger partial charge is 0.257 e. The summed E-state index contributed by atoms with van der Waals surface area (Å²) in [5.74, 6) is -4.21. The average molecular weight is 490 g/mol. The van der Waals surface area contributed by atoms with Crippen molar-refractivity contribution in [3.63, 3.8) is 0 Å². The van der Waals surface area contributed by atoms with Gasteiger partial charge in [-0.3, -0.25) is 14.2 Å². The summed E-state index contributed by atoms with van der Waals surface area (Å²) in [6.07, 6.45) is -0.831. The highest BCUT2D eigenvalue weighted by Gasteiger charge is 2.31. The number of halogens is 3. The number of fused-ring (bicyclic) bond motifs is 1. The Hall–Kier alpha value is -3.44. The molecular formula is C24H25F3N4O4. The maximum Gasteiger partial charge on any atom is 0.257 e. The summed E-state index contributed by atoms with van der Waals surface area (Å²) in [5.41, 5.74) is -2.03. The van der Waals surface area contributed by atoms with E-state index < -0.39 is 46.8 Å². The maximum atomic E-state index is 14.8. The van der Waals surface area contributed by atoms with Crippen molar-refractivity contribution in [2.45, 2.75) is 45.6 Å². The quantitative estimate of drug-likeness (QED) is 0.507. The van der Waals surface area contributed by atoms with Gasteiger partial charge < -0.3 is 20.4 Å². The van der Waals surface area contributed by atoms with Crippen LogP contribution in [0.25, 0.3) is 16.7 Å². The normalized spacial score (nSPS) is 18.9. The van der Waals surface area contributed by atoms with Gasteiger partial charge in [-0.2, -0.15) is 0 Å². The van der Waals surface area contributed by atoms with Crippen molar-refractivity contribution in [2.75, 3.05) is 11.4 Å². The zero-order valence-electron chi connectivity index (χ0n) is 19.3. The minimum atomic E-state index is -1.27. The second kappa shape index (κ2) is 9.31. The molecule has 3 aromatic rings. The molecular weight excluding hydrogens is 465 g/mol. The van der Waals surface area contributed by atoms with E-state index in [0.29, 0.717) is 12.1 Å². The highest BCUT2D eigenvalue weighted by Crippen LogP contribution is 2.27. The number of rotatable bonds is 5. The fourth-order valence-corrected chi connectivity index (χ4v) is 3.94. The van der Waals surface area contributed by atoms with Crippen molar-refractivity contribution in [1.82, 2.24) is 14.9 Å². The van der Waals surface area contributed by atoms with Crippen molar-refractivity contribution < 1.29 is 28.2 Å². The monoisotopic (exact) mass is 490 g/mol. The number of carbonyl (C=O) groups excluding carboxylic acids is 1. The summed E-state index contributed by atoms with van der Waals surface area (Å²) in [5, 5.41) is 22.7. The molecule has 0 spiro atoms. The number of β-amino-alcohol motifs (C(OH)–C–C–N with tert-alkyl or cyclic N) is 1. The second-order valence-electron chi connectivity index (χ2n) is 9.03. The van der Waals surface area contributed by atoms with Crippen LogP contribution in [0.15, 0.2) is 35.3 Å². The van der Waals surface area contributed by atoms with E-state index in [1.54, 1.807) is 6.92 Å². The molecule has 3 atom stereocenters. The molecule has 0 aliphatic carbocycles. The molecule has 35 heavy (non-hydrogen) atoms. The Morgan fingerprint density at radius 2 is 1.80 bits per heavy atom. The fourth-order valence-electron chi connectivity index (χ4n) is 3.94. The number of amides is 1. The molecule has 1 unspecified atom stereocenters. The van der Waals surface area contributed by atoms with E-state index >= 15 is 0 Å². The molecule has 186 valence electrons. The topological polar surface area (TPSA) is 108 Å². The Kier molecular flexibility index (Phi) is 6.56. The molecule has 1 fully saturated rings. The molecule has 3 heterocycles. The molecule has 8 nitrogen and oxygen atoms in total. The molecule has 1 aliphatic rings. The van der Waals surface area contributed by atoms with Gasteiger partial charge in [-0.05, 0) is 25.0 Å². The number of pyridine rings is 2. The number of aliphatic hydroxyl groups excluding tert-OH is 2. The van der Waals surface area contributed by atoms with E-state index in [-0.39, 0.29) is 47.3 Å². The second-order valence-corrected chi connectivity index (χ2v) is 9.03. The van der Waals surface area contributed by atoms with E-state index in [9.17, 15) is 33.0 Å². The van der Waals surface area contributed by atoms with Gasteiger partial charge in [0.05, 0.1) is 11.5 Å². The van der Waals surface area contributed by atoms with Gasteiger partial charge in [0.25, 0.3) is 5.91 Å². The molecule has 11 heteroatoms. The number of aromatic nitrogens is 2. The molecule has 0 saturated carbocycles. The number of hydrogen-bond donors (Lipinski definition) is 3. The van der Waals surface area contributed by atoms with Crippen LogP contribution in [-0.4, -0.2) is 50.6 Å². The molecule has 1 aliphatic heterocycles. The van der Waals surface area contributed by atoms with Crippen molar-refractivity contribution in [3.8, 4) is 5.69 Å². The molecule has 0 bridgehead atoms. The first-order chi connectivity index (χ1) is 16.5. The number of hydrogen-bond acceptors (Lipinski definition) is 6. The lowest BCUT2D eigenvalue weighted by Gasteiger charge is -2.22. The van der Waals surface area contributed by atoms with Crippen molar-refractivity contribution in [2.24, 2.45) is 5.92 Å². The molecule has 4 rings (SSSR count). The summed E-state index contributed by atoms with van der Waals surface area (Å²) >= 11 is 0. The fraction of sp³-hybridized carbons (Fsp3) is 0.375. The van der Waals surface area contributed by atoms with E-state index in [1.165, 1.54) is 17.0 Å². The van der Waals surface area contributed by atoms with Crippen LogP contribution in [0.2, 0.25) is 0 Å². The summed E-state index contributed by atoms with van der Waals surface area (Å²) in [7, 11) is 0. The Balaban J connectivity index is 1.97. The Morgan fingerprint density at radius 1 is 1.14 bits per heavy atom. The molecule has 3 N–H and O–H groups in total. The van der Waals surface area contributed by atoms with Crippen molar-refractivity contribution in [3.05, 3.63) is 63.7 Å². The molecule has 1 amide bonds. The summed E-state index contributed by atoms with van der Waals surface area (Å²) in [6, 6.07) is 3.40. The summed E-state index contributed by atoms with van der Waals surface area (Å²) in [4.78, 5) is 31.8. The molecule has 1 aromatic carbocycles. The highest BCUT2D eigenvalue weighted by molar-refractivity contribution is 5.97. The van der Waals surface area contributed by atoms with Crippen LogP contribution >= 0.6 is 0 Å². The number of anilines is 1. The van der Waals surface area contributed by atoms with E-state index in [0.717, 1.165) is 10.8 Å².